The van der Waals surface area contributed by atoms with Crippen molar-refractivity contribution in [1.29, 1.82) is 0 Å². The van der Waals surface area contributed by atoms with Crippen molar-refractivity contribution in [3.05, 3.63) is 0 Å². The molecule has 1 amide bonds. The minimum absolute atomic E-state index is 0.0518. The Morgan fingerprint density at radius 1 is 1.43 bits per heavy atom. The van der Waals surface area contributed by atoms with Gasteiger partial charge in [0.2, 0.25) is 5.91 Å². The minimum Gasteiger partial charge on any atom is -0.355 e. The van der Waals surface area contributed by atoms with E-state index in [1.54, 1.807) is 11.8 Å². The van der Waals surface area contributed by atoms with E-state index in [1.165, 1.54) is 0 Å². The predicted octanol–water partition coefficient (Wildman–Crippen LogP) is 1.08. The highest BCUT2D eigenvalue weighted by atomic mass is 32.2. The first-order chi connectivity index (χ1) is 6.52. The van der Waals surface area contributed by atoms with Crippen molar-refractivity contribution in [1.82, 2.24) is 5.32 Å². The Kier molecular flexibility index (Phi) is 7.01. The van der Waals surface area contributed by atoms with Gasteiger partial charge in [-0.15, -0.1) is 0 Å². The lowest BCUT2D eigenvalue weighted by molar-refractivity contribution is -0.125. The fraction of sp³-hybridized carbons (Fsp3) is 0.900. The Morgan fingerprint density at radius 2 is 2.00 bits per heavy atom. The van der Waals surface area contributed by atoms with Gasteiger partial charge in [0.1, 0.15) is 0 Å². The molecule has 0 saturated heterocycles. The Bertz CT molecular complexity index is 174. The molecule has 2 unspecified atom stereocenters. The third-order valence-corrected chi connectivity index (χ3v) is 3.33. The highest BCUT2D eigenvalue weighted by Crippen LogP contribution is 2.09. The highest BCUT2D eigenvalue weighted by Gasteiger charge is 2.20. The Balaban J connectivity index is 3.93. The zero-order valence-corrected chi connectivity index (χ0v) is 10.4. The molecule has 0 bridgehead atoms. The van der Waals surface area contributed by atoms with E-state index in [0.29, 0.717) is 17.7 Å². The third-order valence-electron chi connectivity index (χ3n) is 2.36. The number of hydrogen-bond donors (Lipinski definition) is 2. The summed E-state index contributed by atoms with van der Waals surface area (Å²) in [6.07, 6.45) is 2.04. The van der Waals surface area contributed by atoms with E-state index in [2.05, 4.69) is 12.2 Å². The van der Waals surface area contributed by atoms with Crippen LogP contribution in [0.1, 0.15) is 20.8 Å². The number of rotatable bonds is 6. The molecule has 0 aliphatic carbocycles. The number of carbonyl (C=O) groups is 1. The van der Waals surface area contributed by atoms with Crippen LogP contribution in [0.4, 0.5) is 0 Å². The van der Waals surface area contributed by atoms with Crippen LogP contribution in [-0.4, -0.2) is 30.5 Å². The van der Waals surface area contributed by atoms with E-state index in [-0.39, 0.29) is 11.8 Å². The zero-order chi connectivity index (χ0) is 11.1. The Hall–Kier alpha value is -0.220. The number of thioether (sulfide) groups is 1. The molecule has 4 heteroatoms. The van der Waals surface area contributed by atoms with Gasteiger partial charge in [0.15, 0.2) is 0 Å². The van der Waals surface area contributed by atoms with E-state index in [1.807, 2.05) is 20.1 Å². The lowest BCUT2D eigenvalue weighted by Crippen LogP contribution is -2.40. The van der Waals surface area contributed by atoms with Crippen molar-refractivity contribution < 1.29 is 4.79 Å². The molecule has 84 valence electrons. The molecule has 0 aromatic carbocycles. The van der Waals surface area contributed by atoms with Gasteiger partial charge in [0.05, 0.1) is 5.92 Å². The zero-order valence-electron chi connectivity index (χ0n) is 9.54. The molecule has 0 aliphatic heterocycles. The van der Waals surface area contributed by atoms with Crippen LogP contribution >= 0.6 is 11.8 Å². The van der Waals surface area contributed by atoms with Gasteiger partial charge in [0.25, 0.3) is 0 Å². The molecule has 0 aromatic heterocycles. The van der Waals surface area contributed by atoms with Crippen molar-refractivity contribution in [2.24, 2.45) is 17.6 Å². The maximum atomic E-state index is 11.6. The van der Waals surface area contributed by atoms with Crippen LogP contribution in [0, 0.1) is 11.8 Å². The maximum absolute atomic E-state index is 11.6. The van der Waals surface area contributed by atoms with Crippen LogP contribution < -0.4 is 11.1 Å². The molecule has 0 rings (SSSR count). The lowest BCUT2D eigenvalue weighted by atomic mass is 9.95. The summed E-state index contributed by atoms with van der Waals surface area (Å²) in [4.78, 5) is 11.6. The molecule has 14 heavy (non-hydrogen) atoms. The van der Waals surface area contributed by atoms with E-state index < -0.39 is 0 Å². The van der Waals surface area contributed by atoms with Gasteiger partial charge in [-0.05, 0) is 12.2 Å². The van der Waals surface area contributed by atoms with Gasteiger partial charge < -0.3 is 11.1 Å². The predicted molar refractivity (Wildman–Crippen MR) is 63.4 cm³/mol. The van der Waals surface area contributed by atoms with Gasteiger partial charge in [-0.3, -0.25) is 4.79 Å². The summed E-state index contributed by atoms with van der Waals surface area (Å²) in [7, 11) is 0. The second kappa shape index (κ2) is 7.12. The Morgan fingerprint density at radius 3 is 2.36 bits per heavy atom. The van der Waals surface area contributed by atoms with Gasteiger partial charge in [-0.1, -0.05) is 20.8 Å². The number of nitrogens with one attached hydrogen (secondary N) is 1. The van der Waals surface area contributed by atoms with Crippen LogP contribution in [0.25, 0.3) is 0 Å². The molecular weight excluding hydrogens is 196 g/mol. The SMILES string of the molecule is CSC(C)CNC(=O)C(CN)C(C)C. The first kappa shape index (κ1) is 13.8. The molecular formula is C10H22N2OS. The standard InChI is InChI=1S/C10H22N2OS/c1-7(2)9(5-11)10(13)12-6-8(3)14-4/h7-9H,5-6,11H2,1-4H3,(H,12,13). The van der Waals surface area contributed by atoms with E-state index in [4.69, 9.17) is 5.73 Å². The van der Waals surface area contributed by atoms with Crippen LogP contribution in [0.2, 0.25) is 0 Å². The summed E-state index contributed by atoms with van der Waals surface area (Å²) in [5, 5.41) is 3.39. The highest BCUT2D eigenvalue weighted by molar-refractivity contribution is 7.99. The van der Waals surface area contributed by atoms with Crippen molar-refractivity contribution in [2.45, 2.75) is 26.0 Å². The fourth-order valence-corrected chi connectivity index (χ4v) is 1.39. The summed E-state index contributed by atoms with van der Waals surface area (Å²) in [6, 6.07) is 0. The Labute approximate surface area is 91.2 Å². The number of amides is 1. The van der Waals surface area contributed by atoms with Crippen molar-refractivity contribution in [3.8, 4) is 0 Å². The molecule has 0 spiro atoms. The monoisotopic (exact) mass is 218 g/mol. The van der Waals surface area contributed by atoms with Crippen molar-refractivity contribution in [3.63, 3.8) is 0 Å². The summed E-state index contributed by atoms with van der Waals surface area (Å²) in [6.45, 7) is 7.29. The van der Waals surface area contributed by atoms with Gasteiger partial charge in [-0.2, -0.15) is 11.8 Å². The van der Waals surface area contributed by atoms with Crippen LogP contribution in [-0.2, 0) is 4.79 Å². The summed E-state index contributed by atoms with van der Waals surface area (Å²) < 4.78 is 0. The average Bonchev–Trinajstić information content (AvgIpc) is 2.14. The minimum atomic E-state index is -0.0518. The average molecular weight is 218 g/mol. The van der Waals surface area contributed by atoms with Gasteiger partial charge in [-0.25, -0.2) is 0 Å². The van der Waals surface area contributed by atoms with Crippen LogP contribution in [0.5, 0.6) is 0 Å². The molecule has 0 aromatic rings. The lowest BCUT2D eigenvalue weighted by Gasteiger charge is -2.19. The topological polar surface area (TPSA) is 55.1 Å². The fourth-order valence-electron chi connectivity index (χ4n) is 1.14. The van der Waals surface area contributed by atoms with E-state index in [9.17, 15) is 4.79 Å². The summed E-state index contributed by atoms with van der Waals surface area (Å²) >= 11 is 1.75. The molecule has 3 nitrogen and oxygen atoms in total. The molecule has 0 radical (unpaired) electrons. The maximum Gasteiger partial charge on any atom is 0.224 e. The van der Waals surface area contributed by atoms with Crippen LogP contribution in [0.3, 0.4) is 0 Å². The molecule has 2 atom stereocenters. The van der Waals surface area contributed by atoms with Crippen molar-refractivity contribution in [2.75, 3.05) is 19.3 Å². The number of nitrogens with two attached hydrogens (primary N) is 1. The first-order valence-corrected chi connectivity index (χ1v) is 6.32. The van der Waals surface area contributed by atoms with Gasteiger partial charge >= 0.3 is 0 Å². The largest absolute Gasteiger partial charge is 0.355 e. The third kappa shape index (κ3) is 4.86. The molecule has 3 N–H and O–H groups in total. The normalized spacial score (nSPS) is 15.3. The van der Waals surface area contributed by atoms with E-state index in [0.717, 1.165) is 6.54 Å². The number of carbonyl (C=O) groups excluding carboxylic acids is 1. The van der Waals surface area contributed by atoms with Crippen LogP contribution in [0.15, 0.2) is 0 Å². The molecule has 0 heterocycles. The second-order valence-corrected chi connectivity index (χ2v) is 5.15. The number of hydrogen-bond acceptors (Lipinski definition) is 3. The smallest absolute Gasteiger partial charge is 0.224 e. The first-order valence-electron chi connectivity index (χ1n) is 5.03. The summed E-state index contributed by atoms with van der Waals surface area (Å²) in [5.41, 5.74) is 5.55. The van der Waals surface area contributed by atoms with E-state index >= 15 is 0 Å². The molecule has 0 saturated carbocycles. The molecule has 0 fully saturated rings. The second-order valence-electron chi connectivity index (χ2n) is 3.88. The summed E-state index contributed by atoms with van der Waals surface area (Å²) in [5.74, 6) is 0.344. The molecule has 0 aliphatic rings. The quantitative estimate of drug-likeness (QED) is 0.701. The van der Waals surface area contributed by atoms with Crippen molar-refractivity contribution >= 4 is 17.7 Å². The van der Waals surface area contributed by atoms with Gasteiger partial charge in [0, 0.05) is 18.3 Å².